The lowest BCUT2D eigenvalue weighted by Gasteiger charge is -2.64. The Bertz CT molecular complexity index is 2200. The van der Waals surface area contributed by atoms with Crippen LogP contribution in [0, 0.1) is 35.0 Å². The van der Waals surface area contributed by atoms with Crippen molar-refractivity contribution >= 4 is 57.2 Å². The Balaban J connectivity index is 1.22. The molecule has 7 aliphatic rings. The second-order valence-electron chi connectivity index (χ2n) is 15.9. The van der Waals surface area contributed by atoms with Crippen LogP contribution in [0.3, 0.4) is 0 Å². The third-order valence-corrected chi connectivity index (χ3v) is 13.4. The summed E-state index contributed by atoms with van der Waals surface area (Å²) in [5.41, 5.74) is 17.3. The Morgan fingerprint density at radius 3 is 2.06 bits per heavy atom. The molecule has 48 heavy (non-hydrogen) atoms. The van der Waals surface area contributed by atoms with Crippen LogP contribution in [0.25, 0.3) is 0 Å². The number of para-hydroxylation sites is 2. The normalized spacial score (nSPS) is 26.2. The van der Waals surface area contributed by atoms with Crippen molar-refractivity contribution in [3.63, 3.8) is 0 Å². The number of hydrogen-bond acceptors (Lipinski definition) is 3. The summed E-state index contributed by atoms with van der Waals surface area (Å²) in [5.74, 6) is 3.70. The van der Waals surface area contributed by atoms with E-state index in [1.807, 2.05) is 12.1 Å². The summed E-state index contributed by atoms with van der Waals surface area (Å²) in [6, 6.07) is 41.5. The first-order valence-electron chi connectivity index (χ1n) is 18.2. The van der Waals surface area contributed by atoms with Gasteiger partial charge in [0.25, 0.3) is 6.71 Å². The standard InChI is InChI=1S/C44H38BN3/c1-26(2)30-15-18-39-37(24-30)45-36-9-5-8-35-43(36)48(41-12-6-11-40(42(41)45)47(39)33-16-13-27(25-46)14-17-33)38-10-4-3-7-34(38)44(35)31-20-28-19-29(22-31)23-32(44)21-28/h3-18,24,26,28-29,31-32H,19-23H2,1-2H3. The number of fused-ring (bicyclic) bond motifs is 6. The highest BCUT2D eigenvalue weighted by Crippen LogP contribution is 2.69. The summed E-state index contributed by atoms with van der Waals surface area (Å²) in [6.45, 7) is 4.76. The SMILES string of the molecule is CC(C)c1ccc2c(c1)B1c3cccc4c3N(c3ccccc3C43C4CC5CC(C4)CC3C5)c3cccc(c31)N2c1ccc(C#N)cc1. The van der Waals surface area contributed by atoms with E-state index >= 15 is 0 Å². The molecule has 4 fully saturated rings. The smallest absolute Gasteiger partial charge is 0.252 e. The predicted octanol–water partition coefficient (Wildman–Crippen LogP) is 8.82. The highest BCUT2D eigenvalue weighted by molar-refractivity contribution is 7.00. The molecule has 5 aromatic rings. The highest BCUT2D eigenvalue weighted by atomic mass is 15.2. The Kier molecular flexibility index (Phi) is 5.36. The molecule has 3 aliphatic heterocycles. The molecule has 0 aromatic heterocycles. The average molecular weight is 620 g/mol. The fourth-order valence-corrected chi connectivity index (χ4v) is 11.9. The minimum absolute atomic E-state index is 0.0901. The topological polar surface area (TPSA) is 30.3 Å². The molecule has 5 aromatic carbocycles. The molecule has 4 bridgehead atoms. The fourth-order valence-electron chi connectivity index (χ4n) is 11.9. The third-order valence-electron chi connectivity index (χ3n) is 13.4. The summed E-state index contributed by atoms with van der Waals surface area (Å²) in [7, 11) is 0. The van der Waals surface area contributed by atoms with Gasteiger partial charge in [0.05, 0.1) is 17.3 Å². The first-order chi connectivity index (χ1) is 23.6. The molecule has 4 aliphatic carbocycles. The van der Waals surface area contributed by atoms with Crippen molar-refractivity contribution in [2.45, 2.75) is 57.3 Å². The van der Waals surface area contributed by atoms with Crippen molar-refractivity contribution < 1.29 is 0 Å². The molecule has 0 saturated heterocycles. The van der Waals surface area contributed by atoms with Gasteiger partial charge in [0.2, 0.25) is 0 Å². The molecule has 0 N–H and O–H groups in total. The van der Waals surface area contributed by atoms with Crippen molar-refractivity contribution in [2.75, 3.05) is 9.80 Å². The van der Waals surface area contributed by atoms with E-state index in [4.69, 9.17) is 0 Å². The maximum absolute atomic E-state index is 9.59. The van der Waals surface area contributed by atoms with E-state index in [9.17, 15) is 5.26 Å². The van der Waals surface area contributed by atoms with Crippen LogP contribution in [0.1, 0.15) is 74.1 Å². The quantitative estimate of drug-likeness (QED) is 0.181. The molecule has 12 rings (SSSR count). The van der Waals surface area contributed by atoms with E-state index in [1.165, 1.54) is 82.5 Å². The molecule has 0 amide bonds. The van der Waals surface area contributed by atoms with E-state index < -0.39 is 0 Å². The summed E-state index contributed by atoms with van der Waals surface area (Å²) in [6.07, 6.45) is 7.00. The Hall–Kier alpha value is -4.75. The molecular weight excluding hydrogens is 581 g/mol. The van der Waals surface area contributed by atoms with Gasteiger partial charge >= 0.3 is 0 Å². The van der Waals surface area contributed by atoms with Crippen LogP contribution in [-0.4, -0.2) is 6.71 Å². The van der Waals surface area contributed by atoms with Gasteiger partial charge in [-0.05, 0) is 143 Å². The van der Waals surface area contributed by atoms with Crippen molar-refractivity contribution in [2.24, 2.45) is 23.7 Å². The van der Waals surface area contributed by atoms with Crippen LogP contribution in [0.4, 0.5) is 34.1 Å². The molecule has 0 radical (unpaired) electrons. The lowest BCUT2D eigenvalue weighted by atomic mass is 9.32. The first-order valence-corrected chi connectivity index (χ1v) is 18.2. The lowest BCUT2D eigenvalue weighted by molar-refractivity contribution is -0.0419. The molecule has 1 spiro atoms. The fraction of sp³-hybridized carbons (Fsp3) is 0.295. The second kappa shape index (κ2) is 9.45. The van der Waals surface area contributed by atoms with E-state index in [2.05, 4.69) is 121 Å². The minimum Gasteiger partial charge on any atom is -0.311 e. The number of benzene rings is 5. The molecule has 0 atom stereocenters. The predicted molar refractivity (Wildman–Crippen MR) is 197 cm³/mol. The van der Waals surface area contributed by atoms with Gasteiger partial charge in [-0.3, -0.25) is 0 Å². The summed E-state index contributed by atoms with van der Waals surface area (Å²) < 4.78 is 0. The summed E-state index contributed by atoms with van der Waals surface area (Å²) >= 11 is 0. The molecule has 232 valence electrons. The van der Waals surface area contributed by atoms with Crippen molar-refractivity contribution in [1.29, 1.82) is 5.26 Å². The molecule has 0 unspecified atom stereocenters. The van der Waals surface area contributed by atoms with Crippen LogP contribution in [-0.2, 0) is 5.41 Å². The maximum Gasteiger partial charge on any atom is 0.252 e. The molecular formula is C44H38BN3. The third kappa shape index (κ3) is 3.26. The van der Waals surface area contributed by atoms with Gasteiger partial charge in [-0.25, -0.2) is 0 Å². The van der Waals surface area contributed by atoms with Gasteiger partial charge in [0, 0.05) is 33.9 Å². The van der Waals surface area contributed by atoms with Crippen molar-refractivity contribution in [3.8, 4) is 6.07 Å². The van der Waals surface area contributed by atoms with E-state index in [0.29, 0.717) is 23.3 Å². The zero-order chi connectivity index (χ0) is 31.9. The second-order valence-corrected chi connectivity index (χ2v) is 15.9. The van der Waals surface area contributed by atoms with Crippen LogP contribution < -0.4 is 26.2 Å². The Morgan fingerprint density at radius 1 is 0.667 bits per heavy atom. The van der Waals surface area contributed by atoms with E-state index in [-0.39, 0.29) is 12.1 Å². The van der Waals surface area contributed by atoms with Crippen molar-refractivity contribution in [3.05, 3.63) is 125 Å². The number of nitriles is 1. The van der Waals surface area contributed by atoms with Gasteiger partial charge in [-0.15, -0.1) is 0 Å². The molecule has 3 heterocycles. The summed E-state index contributed by atoms with van der Waals surface area (Å²) in [4.78, 5) is 5.11. The molecule has 3 nitrogen and oxygen atoms in total. The minimum atomic E-state index is 0.0901. The van der Waals surface area contributed by atoms with Crippen LogP contribution in [0.15, 0.2) is 103 Å². The van der Waals surface area contributed by atoms with Gasteiger partial charge in [-0.1, -0.05) is 68.4 Å². The lowest BCUT2D eigenvalue weighted by Crippen LogP contribution is -2.64. The molecule has 4 saturated carbocycles. The zero-order valence-electron chi connectivity index (χ0n) is 27.7. The zero-order valence-corrected chi connectivity index (χ0v) is 27.7. The maximum atomic E-state index is 9.59. The van der Waals surface area contributed by atoms with E-state index in [0.717, 1.165) is 17.5 Å². The Morgan fingerprint density at radius 2 is 1.33 bits per heavy atom. The highest BCUT2D eigenvalue weighted by Gasteiger charge is 2.62. The monoisotopic (exact) mass is 619 g/mol. The number of hydrogen-bond donors (Lipinski definition) is 0. The number of nitrogens with zero attached hydrogens (tertiary/aromatic N) is 3. The van der Waals surface area contributed by atoms with Gasteiger partial charge in [0.15, 0.2) is 0 Å². The van der Waals surface area contributed by atoms with E-state index in [1.54, 1.807) is 11.1 Å². The largest absolute Gasteiger partial charge is 0.311 e. The van der Waals surface area contributed by atoms with Crippen LogP contribution in [0.5, 0.6) is 0 Å². The Labute approximate surface area is 283 Å². The molecule has 4 heteroatoms. The number of rotatable bonds is 2. The van der Waals surface area contributed by atoms with Crippen molar-refractivity contribution in [1.82, 2.24) is 0 Å². The summed E-state index contributed by atoms with van der Waals surface area (Å²) in [5, 5.41) is 9.59. The van der Waals surface area contributed by atoms with Gasteiger partial charge in [-0.2, -0.15) is 5.26 Å². The van der Waals surface area contributed by atoms with Gasteiger partial charge < -0.3 is 9.80 Å². The van der Waals surface area contributed by atoms with Gasteiger partial charge in [0.1, 0.15) is 0 Å². The van der Waals surface area contributed by atoms with Crippen LogP contribution >= 0.6 is 0 Å². The average Bonchev–Trinajstić information content (AvgIpc) is 3.11. The number of anilines is 6. The first kappa shape index (κ1) is 27.2. The van der Waals surface area contributed by atoms with Crippen LogP contribution in [0.2, 0.25) is 0 Å².